The molecular weight excluding hydrogens is 255 g/mol. The highest BCUT2D eigenvalue weighted by Gasteiger charge is 2.40. The van der Waals surface area contributed by atoms with Gasteiger partial charge in [0.2, 0.25) is 5.91 Å². The predicted octanol–water partition coefficient (Wildman–Crippen LogP) is 2.32. The first-order valence-electron chi connectivity index (χ1n) is 7.44. The van der Waals surface area contributed by atoms with Crippen LogP contribution >= 0.6 is 0 Å². The molecule has 0 aromatic heterocycles. The van der Waals surface area contributed by atoms with Crippen molar-refractivity contribution in [1.29, 1.82) is 0 Å². The van der Waals surface area contributed by atoms with E-state index in [-0.39, 0.29) is 29.7 Å². The molecule has 4 heteroatoms. The second-order valence-corrected chi connectivity index (χ2v) is 6.13. The van der Waals surface area contributed by atoms with Gasteiger partial charge in [0.15, 0.2) is 0 Å². The third-order valence-electron chi connectivity index (χ3n) is 4.58. The van der Waals surface area contributed by atoms with E-state index in [1.165, 1.54) is 6.07 Å². The van der Waals surface area contributed by atoms with Gasteiger partial charge in [0.25, 0.3) is 0 Å². The summed E-state index contributed by atoms with van der Waals surface area (Å²) in [6, 6.07) is 7.00. The molecule has 0 spiro atoms. The fourth-order valence-electron chi connectivity index (χ4n) is 3.28. The van der Waals surface area contributed by atoms with Gasteiger partial charge in [-0.3, -0.25) is 4.79 Å². The minimum absolute atomic E-state index is 0.0938. The van der Waals surface area contributed by atoms with Gasteiger partial charge in [-0.2, -0.15) is 0 Å². The Morgan fingerprint density at radius 1 is 1.40 bits per heavy atom. The Labute approximate surface area is 118 Å². The molecule has 3 nitrogen and oxygen atoms in total. The smallest absolute Gasteiger partial charge is 0.220 e. The summed E-state index contributed by atoms with van der Waals surface area (Å²) in [4.78, 5) is 12.0. The number of halogens is 1. The summed E-state index contributed by atoms with van der Waals surface area (Å²) in [5.41, 5.74) is 6.97. The van der Waals surface area contributed by atoms with Crippen LogP contribution in [0, 0.1) is 11.7 Å². The van der Waals surface area contributed by atoms with Crippen LogP contribution in [0.1, 0.15) is 43.6 Å². The van der Waals surface area contributed by atoms with E-state index in [4.69, 9.17) is 5.73 Å². The maximum atomic E-state index is 13.2. The summed E-state index contributed by atoms with van der Waals surface area (Å²) in [6.45, 7) is 0. The summed E-state index contributed by atoms with van der Waals surface area (Å²) in [7, 11) is 0. The Bertz CT molecular complexity index is 505. The van der Waals surface area contributed by atoms with Gasteiger partial charge in [0.05, 0.1) is 0 Å². The molecule has 108 valence electrons. The van der Waals surface area contributed by atoms with Crippen molar-refractivity contribution >= 4 is 5.91 Å². The highest BCUT2D eigenvalue weighted by atomic mass is 19.1. The summed E-state index contributed by atoms with van der Waals surface area (Å²) in [5.74, 6) is 0.487. The zero-order chi connectivity index (χ0) is 14.1. The largest absolute Gasteiger partial charge is 0.353 e. The Hall–Kier alpha value is -1.42. The molecule has 20 heavy (non-hydrogen) atoms. The fourth-order valence-corrected chi connectivity index (χ4v) is 3.28. The van der Waals surface area contributed by atoms with E-state index in [0.717, 1.165) is 31.2 Å². The van der Waals surface area contributed by atoms with Crippen LogP contribution in [0.15, 0.2) is 24.3 Å². The molecule has 2 aliphatic rings. The zero-order valence-electron chi connectivity index (χ0n) is 11.5. The molecule has 4 atom stereocenters. The Morgan fingerprint density at radius 3 is 2.95 bits per heavy atom. The van der Waals surface area contributed by atoms with Crippen molar-refractivity contribution in [3.8, 4) is 0 Å². The number of carbonyl (C=O) groups excluding carboxylic acids is 1. The van der Waals surface area contributed by atoms with Crippen molar-refractivity contribution < 1.29 is 9.18 Å². The van der Waals surface area contributed by atoms with E-state index in [9.17, 15) is 9.18 Å². The van der Waals surface area contributed by atoms with Crippen LogP contribution in [0.5, 0.6) is 0 Å². The molecule has 2 aliphatic carbocycles. The van der Waals surface area contributed by atoms with Crippen LogP contribution in [0.3, 0.4) is 0 Å². The molecule has 0 bridgehead atoms. The molecule has 1 amide bonds. The van der Waals surface area contributed by atoms with Gasteiger partial charge in [-0.15, -0.1) is 0 Å². The van der Waals surface area contributed by atoms with Crippen molar-refractivity contribution in [3.05, 3.63) is 35.6 Å². The summed E-state index contributed by atoms with van der Waals surface area (Å²) < 4.78 is 13.2. The van der Waals surface area contributed by atoms with Gasteiger partial charge in [-0.25, -0.2) is 4.39 Å². The number of hydrogen-bond acceptors (Lipinski definition) is 2. The molecule has 0 saturated heterocycles. The van der Waals surface area contributed by atoms with Gasteiger partial charge in [0, 0.05) is 24.4 Å². The van der Waals surface area contributed by atoms with E-state index in [2.05, 4.69) is 5.32 Å². The van der Waals surface area contributed by atoms with Crippen LogP contribution in [-0.4, -0.2) is 18.0 Å². The van der Waals surface area contributed by atoms with Crippen molar-refractivity contribution in [2.45, 2.75) is 50.1 Å². The molecular formula is C16H21FN2O. The molecule has 1 aromatic rings. The average molecular weight is 276 g/mol. The molecule has 0 radical (unpaired) electrons. The molecule has 3 N–H and O–H groups in total. The summed E-state index contributed by atoms with van der Waals surface area (Å²) in [5, 5.41) is 3.05. The number of hydrogen-bond donors (Lipinski definition) is 2. The normalized spacial score (nSPS) is 32.1. The SMILES string of the molecule is N[C@@H]1CCC[C@H]1CC(=O)NC1CC1c1cccc(F)c1. The van der Waals surface area contributed by atoms with Gasteiger partial charge in [0.1, 0.15) is 5.82 Å². The van der Waals surface area contributed by atoms with Crippen molar-refractivity contribution in [3.63, 3.8) is 0 Å². The lowest BCUT2D eigenvalue weighted by atomic mass is 10.00. The second-order valence-electron chi connectivity index (χ2n) is 6.13. The maximum Gasteiger partial charge on any atom is 0.220 e. The molecule has 3 rings (SSSR count). The lowest BCUT2D eigenvalue weighted by Crippen LogP contribution is -2.33. The molecule has 0 heterocycles. The van der Waals surface area contributed by atoms with Crippen LogP contribution in [-0.2, 0) is 4.79 Å². The number of nitrogens with two attached hydrogens (primary N) is 1. The number of benzene rings is 1. The molecule has 2 unspecified atom stereocenters. The number of amides is 1. The van der Waals surface area contributed by atoms with Gasteiger partial charge >= 0.3 is 0 Å². The Balaban J connectivity index is 1.49. The van der Waals surface area contributed by atoms with Gasteiger partial charge < -0.3 is 11.1 Å². The standard InChI is InChI=1S/C16H21FN2O/c17-12-5-1-3-10(7-12)13-9-15(13)19-16(20)8-11-4-2-6-14(11)18/h1,3,5,7,11,13-15H,2,4,6,8-9,18H2,(H,19,20)/t11-,13?,14+,15?/m0/s1. The van der Waals surface area contributed by atoms with Crippen LogP contribution < -0.4 is 11.1 Å². The van der Waals surface area contributed by atoms with Gasteiger partial charge in [-0.05, 0) is 42.9 Å². The monoisotopic (exact) mass is 276 g/mol. The second kappa shape index (κ2) is 5.52. The first-order chi connectivity index (χ1) is 9.63. The van der Waals surface area contributed by atoms with E-state index < -0.39 is 0 Å². The average Bonchev–Trinajstić information content (AvgIpc) is 3.05. The molecule has 2 saturated carbocycles. The fraction of sp³-hybridized carbons (Fsp3) is 0.562. The van der Waals surface area contributed by atoms with E-state index in [0.29, 0.717) is 12.3 Å². The number of rotatable bonds is 4. The third kappa shape index (κ3) is 3.01. The maximum absolute atomic E-state index is 13.2. The quantitative estimate of drug-likeness (QED) is 0.886. The highest BCUT2D eigenvalue weighted by Crippen LogP contribution is 2.41. The lowest BCUT2D eigenvalue weighted by Gasteiger charge is -2.14. The number of carbonyl (C=O) groups is 1. The van der Waals surface area contributed by atoms with Gasteiger partial charge in [-0.1, -0.05) is 18.6 Å². The summed E-state index contributed by atoms with van der Waals surface area (Å²) >= 11 is 0. The zero-order valence-corrected chi connectivity index (χ0v) is 11.5. The first-order valence-corrected chi connectivity index (χ1v) is 7.44. The van der Waals surface area contributed by atoms with Crippen LogP contribution in [0.2, 0.25) is 0 Å². The first kappa shape index (κ1) is 13.6. The third-order valence-corrected chi connectivity index (χ3v) is 4.58. The van der Waals surface area contributed by atoms with E-state index in [1.54, 1.807) is 12.1 Å². The van der Waals surface area contributed by atoms with Crippen LogP contribution in [0.25, 0.3) is 0 Å². The van der Waals surface area contributed by atoms with E-state index in [1.807, 2.05) is 6.07 Å². The highest BCUT2D eigenvalue weighted by molar-refractivity contribution is 5.77. The minimum Gasteiger partial charge on any atom is -0.353 e. The predicted molar refractivity (Wildman–Crippen MR) is 75.6 cm³/mol. The summed E-state index contributed by atoms with van der Waals surface area (Å²) in [6.07, 6.45) is 4.67. The topological polar surface area (TPSA) is 55.1 Å². The van der Waals surface area contributed by atoms with Crippen molar-refractivity contribution in [2.24, 2.45) is 11.7 Å². The number of nitrogens with one attached hydrogen (secondary N) is 1. The lowest BCUT2D eigenvalue weighted by molar-refractivity contribution is -0.122. The molecule has 0 aliphatic heterocycles. The Morgan fingerprint density at radius 2 is 2.25 bits per heavy atom. The van der Waals surface area contributed by atoms with Crippen molar-refractivity contribution in [2.75, 3.05) is 0 Å². The minimum atomic E-state index is -0.212. The van der Waals surface area contributed by atoms with E-state index >= 15 is 0 Å². The molecule has 2 fully saturated rings. The Kier molecular flexibility index (Phi) is 3.74. The van der Waals surface area contributed by atoms with Crippen LogP contribution in [0.4, 0.5) is 4.39 Å². The molecule has 1 aromatic carbocycles. The van der Waals surface area contributed by atoms with Crippen molar-refractivity contribution in [1.82, 2.24) is 5.32 Å².